The third-order valence-corrected chi connectivity index (χ3v) is 1.29. The lowest BCUT2D eigenvalue weighted by Crippen LogP contribution is -2.01. The summed E-state index contributed by atoms with van der Waals surface area (Å²) in [6, 6.07) is 1.78. The molecule has 12 heavy (non-hydrogen) atoms. The second kappa shape index (κ2) is 4.54. The number of rotatable bonds is 4. The molecule has 0 amide bonds. The van der Waals surface area contributed by atoms with Crippen molar-refractivity contribution in [2.75, 3.05) is 18.5 Å². The van der Waals surface area contributed by atoms with Crippen LogP contribution >= 0.6 is 0 Å². The van der Waals surface area contributed by atoms with E-state index < -0.39 is 0 Å². The van der Waals surface area contributed by atoms with E-state index in [1.807, 2.05) is 13.8 Å². The van der Waals surface area contributed by atoms with E-state index in [2.05, 4.69) is 15.3 Å². The predicted octanol–water partition coefficient (Wildman–Crippen LogP) is 1.31. The summed E-state index contributed by atoms with van der Waals surface area (Å²) < 4.78 is 5.20. The number of hydrogen-bond acceptors (Lipinski definition) is 4. The Labute approximate surface area is 72.0 Å². The molecule has 0 spiro atoms. The standard InChI is InChI=1S/C8H13N3O/c1-3-9-7-5-8(12-4-2)11-6-10-7/h5-6H,3-4H2,1-2H3,(H,9,10,11). The Balaban J connectivity index is 2.67. The minimum atomic E-state index is 0.614. The van der Waals surface area contributed by atoms with Crippen molar-refractivity contribution in [1.29, 1.82) is 0 Å². The predicted molar refractivity (Wildman–Crippen MR) is 47.4 cm³/mol. The molecule has 0 aliphatic rings. The molecule has 1 heterocycles. The molecule has 0 aliphatic carbocycles. The van der Waals surface area contributed by atoms with E-state index in [1.165, 1.54) is 6.33 Å². The molecule has 0 atom stereocenters. The maximum absolute atomic E-state index is 5.20. The summed E-state index contributed by atoms with van der Waals surface area (Å²) in [4.78, 5) is 7.95. The van der Waals surface area contributed by atoms with Crippen molar-refractivity contribution in [2.45, 2.75) is 13.8 Å². The molecule has 0 unspecified atom stereocenters. The second-order valence-electron chi connectivity index (χ2n) is 2.20. The molecule has 0 radical (unpaired) electrons. The highest BCUT2D eigenvalue weighted by Crippen LogP contribution is 2.09. The molecule has 1 rings (SSSR count). The molecule has 1 aromatic rings. The number of nitrogens with one attached hydrogen (secondary N) is 1. The molecule has 66 valence electrons. The molecule has 0 fully saturated rings. The van der Waals surface area contributed by atoms with E-state index in [0.29, 0.717) is 12.5 Å². The van der Waals surface area contributed by atoms with Crippen LogP contribution < -0.4 is 10.1 Å². The van der Waals surface area contributed by atoms with Crippen LogP contribution in [0.1, 0.15) is 13.8 Å². The molecular formula is C8H13N3O. The summed E-state index contributed by atoms with van der Waals surface area (Å²) in [6.45, 7) is 5.42. The van der Waals surface area contributed by atoms with Crippen LogP contribution in [0.5, 0.6) is 5.88 Å². The van der Waals surface area contributed by atoms with E-state index >= 15 is 0 Å². The molecule has 0 aliphatic heterocycles. The van der Waals surface area contributed by atoms with E-state index in [0.717, 1.165) is 12.4 Å². The Morgan fingerprint density at radius 2 is 2.25 bits per heavy atom. The van der Waals surface area contributed by atoms with Crippen molar-refractivity contribution in [1.82, 2.24) is 9.97 Å². The van der Waals surface area contributed by atoms with Gasteiger partial charge in [-0.05, 0) is 13.8 Å². The normalized spacial score (nSPS) is 9.50. The monoisotopic (exact) mass is 167 g/mol. The Hall–Kier alpha value is -1.32. The SMILES string of the molecule is CCNc1cc(OCC)ncn1. The maximum atomic E-state index is 5.20. The highest BCUT2D eigenvalue weighted by molar-refractivity contribution is 5.36. The van der Waals surface area contributed by atoms with Gasteiger partial charge in [0.2, 0.25) is 5.88 Å². The van der Waals surface area contributed by atoms with Crippen molar-refractivity contribution in [3.8, 4) is 5.88 Å². The van der Waals surface area contributed by atoms with E-state index in [1.54, 1.807) is 6.07 Å². The lowest BCUT2D eigenvalue weighted by molar-refractivity contribution is 0.326. The van der Waals surface area contributed by atoms with Crippen LogP contribution in [0.25, 0.3) is 0 Å². The first kappa shape index (κ1) is 8.77. The average Bonchev–Trinajstić information content (AvgIpc) is 2.06. The maximum Gasteiger partial charge on any atom is 0.218 e. The molecule has 0 aromatic carbocycles. The van der Waals surface area contributed by atoms with Gasteiger partial charge in [0.05, 0.1) is 6.61 Å². The molecule has 0 bridgehead atoms. The summed E-state index contributed by atoms with van der Waals surface area (Å²) in [5, 5.41) is 3.08. The summed E-state index contributed by atoms with van der Waals surface area (Å²) in [5.41, 5.74) is 0. The van der Waals surface area contributed by atoms with Crippen LogP contribution in [0.2, 0.25) is 0 Å². The van der Waals surface area contributed by atoms with Crippen molar-refractivity contribution in [3.63, 3.8) is 0 Å². The number of hydrogen-bond donors (Lipinski definition) is 1. The molecule has 0 saturated heterocycles. The van der Waals surface area contributed by atoms with Gasteiger partial charge in [-0.25, -0.2) is 9.97 Å². The van der Waals surface area contributed by atoms with E-state index in [9.17, 15) is 0 Å². The van der Waals surface area contributed by atoms with Crippen LogP contribution in [0.3, 0.4) is 0 Å². The first-order valence-electron chi connectivity index (χ1n) is 4.05. The third kappa shape index (κ3) is 2.38. The number of aromatic nitrogens is 2. The van der Waals surface area contributed by atoms with Gasteiger partial charge in [-0.1, -0.05) is 0 Å². The van der Waals surface area contributed by atoms with Crippen LogP contribution in [0.4, 0.5) is 5.82 Å². The quantitative estimate of drug-likeness (QED) is 0.734. The zero-order valence-corrected chi connectivity index (χ0v) is 7.37. The van der Waals surface area contributed by atoms with Crippen molar-refractivity contribution >= 4 is 5.82 Å². The lowest BCUT2D eigenvalue weighted by Gasteiger charge is -2.04. The number of nitrogens with zero attached hydrogens (tertiary/aromatic N) is 2. The van der Waals surface area contributed by atoms with Crippen LogP contribution in [-0.2, 0) is 0 Å². The topological polar surface area (TPSA) is 47.0 Å². The average molecular weight is 167 g/mol. The Morgan fingerprint density at radius 3 is 2.92 bits per heavy atom. The van der Waals surface area contributed by atoms with Crippen molar-refractivity contribution in [3.05, 3.63) is 12.4 Å². The van der Waals surface area contributed by atoms with Gasteiger partial charge in [-0.15, -0.1) is 0 Å². The molecule has 1 aromatic heterocycles. The highest BCUT2D eigenvalue weighted by Gasteiger charge is 1.95. The van der Waals surface area contributed by atoms with Crippen LogP contribution in [0.15, 0.2) is 12.4 Å². The molecule has 4 heteroatoms. The van der Waals surface area contributed by atoms with Crippen molar-refractivity contribution in [2.24, 2.45) is 0 Å². The first-order valence-corrected chi connectivity index (χ1v) is 4.05. The van der Waals surface area contributed by atoms with Gasteiger partial charge >= 0.3 is 0 Å². The number of anilines is 1. The Bertz CT molecular complexity index is 218. The van der Waals surface area contributed by atoms with Gasteiger partial charge in [0.1, 0.15) is 12.1 Å². The van der Waals surface area contributed by atoms with Gasteiger partial charge < -0.3 is 10.1 Å². The van der Waals surface area contributed by atoms with Crippen LogP contribution in [0, 0.1) is 0 Å². The fourth-order valence-corrected chi connectivity index (χ4v) is 0.844. The molecule has 1 N–H and O–H groups in total. The summed E-state index contributed by atoms with van der Waals surface area (Å²) in [6.07, 6.45) is 1.49. The summed E-state index contributed by atoms with van der Waals surface area (Å²) in [7, 11) is 0. The highest BCUT2D eigenvalue weighted by atomic mass is 16.5. The lowest BCUT2D eigenvalue weighted by atomic mass is 10.5. The zero-order chi connectivity index (χ0) is 8.81. The summed E-state index contributed by atoms with van der Waals surface area (Å²) >= 11 is 0. The van der Waals surface area contributed by atoms with Gasteiger partial charge in [-0.3, -0.25) is 0 Å². The largest absolute Gasteiger partial charge is 0.478 e. The van der Waals surface area contributed by atoms with E-state index in [-0.39, 0.29) is 0 Å². The van der Waals surface area contributed by atoms with Gasteiger partial charge in [0, 0.05) is 12.6 Å². The molecular weight excluding hydrogens is 154 g/mol. The second-order valence-corrected chi connectivity index (χ2v) is 2.20. The Morgan fingerprint density at radius 1 is 1.42 bits per heavy atom. The first-order chi connectivity index (χ1) is 5.86. The fraction of sp³-hybridized carbons (Fsp3) is 0.500. The van der Waals surface area contributed by atoms with E-state index in [4.69, 9.17) is 4.74 Å². The van der Waals surface area contributed by atoms with Crippen molar-refractivity contribution < 1.29 is 4.74 Å². The molecule has 4 nitrogen and oxygen atoms in total. The summed E-state index contributed by atoms with van der Waals surface area (Å²) in [5.74, 6) is 1.42. The minimum Gasteiger partial charge on any atom is -0.478 e. The van der Waals surface area contributed by atoms with Gasteiger partial charge in [-0.2, -0.15) is 0 Å². The molecule has 0 saturated carbocycles. The third-order valence-electron chi connectivity index (χ3n) is 1.29. The fourth-order valence-electron chi connectivity index (χ4n) is 0.844. The zero-order valence-electron chi connectivity index (χ0n) is 7.37. The van der Waals surface area contributed by atoms with Crippen LogP contribution in [-0.4, -0.2) is 23.1 Å². The minimum absolute atomic E-state index is 0.614. The van der Waals surface area contributed by atoms with Gasteiger partial charge in [0.15, 0.2) is 0 Å². The Kier molecular flexibility index (Phi) is 3.32. The number of ether oxygens (including phenoxy) is 1. The smallest absolute Gasteiger partial charge is 0.218 e. The van der Waals surface area contributed by atoms with Gasteiger partial charge in [0.25, 0.3) is 0 Å².